The third-order valence-electron chi connectivity index (χ3n) is 3.06. The molecule has 0 spiro atoms. The number of likely N-dealkylation sites (N-methyl/N-ethyl adjacent to an activating group) is 1. The molecule has 0 radical (unpaired) electrons. The van der Waals surface area contributed by atoms with Crippen molar-refractivity contribution < 1.29 is 0 Å². The fourth-order valence-corrected chi connectivity index (χ4v) is 3.33. The maximum Gasteiger partial charge on any atom is 0.0346 e. The smallest absolute Gasteiger partial charge is 0.0346 e. The summed E-state index contributed by atoms with van der Waals surface area (Å²) >= 11 is 2.07. The van der Waals surface area contributed by atoms with E-state index in [4.69, 9.17) is 0 Å². The van der Waals surface area contributed by atoms with Crippen LogP contribution in [0.2, 0.25) is 0 Å². The van der Waals surface area contributed by atoms with Crippen LogP contribution in [0, 0.1) is 11.8 Å². The molecule has 0 aromatic carbocycles. The Morgan fingerprint density at radius 3 is 3.00 bits per heavy atom. The molecule has 0 aromatic heterocycles. The quantitative estimate of drug-likeness (QED) is 0.738. The molecule has 16 heavy (non-hydrogen) atoms. The molecule has 1 aliphatic rings. The Bertz CT molecular complexity index is 244. The van der Waals surface area contributed by atoms with E-state index in [0.29, 0.717) is 12.1 Å². The van der Waals surface area contributed by atoms with Crippen molar-refractivity contribution in [2.75, 3.05) is 31.6 Å². The molecule has 0 aromatic rings. The molecule has 1 heterocycles. The first-order chi connectivity index (χ1) is 7.79. The van der Waals surface area contributed by atoms with E-state index in [0.717, 1.165) is 13.0 Å². The molecule has 3 heteroatoms. The van der Waals surface area contributed by atoms with Gasteiger partial charge in [-0.25, -0.2) is 0 Å². The summed E-state index contributed by atoms with van der Waals surface area (Å²) in [6, 6.07) is 1.18. The lowest BCUT2D eigenvalue weighted by Crippen LogP contribution is -2.52. The molecule has 2 atom stereocenters. The molecule has 0 aliphatic carbocycles. The van der Waals surface area contributed by atoms with Gasteiger partial charge in [0.15, 0.2) is 0 Å². The second-order valence-corrected chi connectivity index (χ2v) is 5.46. The van der Waals surface area contributed by atoms with E-state index >= 15 is 0 Å². The van der Waals surface area contributed by atoms with Gasteiger partial charge >= 0.3 is 0 Å². The second kappa shape index (κ2) is 8.00. The summed E-state index contributed by atoms with van der Waals surface area (Å²) in [5.74, 6) is 8.75. The van der Waals surface area contributed by atoms with Crippen LogP contribution in [0.25, 0.3) is 0 Å². The maximum atomic E-state index is 3.65. The van der Waals surface area contributed by atoms with Crippen molar-refractivity contribution in [3.05, 3.63) is 0 Å². The van der Waals surface area contributed by atoms with Crippen molar-refractivity contribution in [1.82, 2.24) is 10.2 Å². The first-order valence-electron chi connectivity index (χ1n) is 6.20. The van der Waals surface area contributed by atoms with Gasteiger partial charge in [-0.3, -0.25) is 0 Å². The van der Waals surface area contributed by atoms with Gasteiger partial charge in [-0.05, 0) is 26.9 Å². The molecular weight excluding hydrogens is 216 g/mol. The number of nitrogens with one attached hydrogen (secondary N) is 1. The van der Waals surface area contributed by atoms with E-state index < -0.39 is 0 Å². The Kier molecular flexibility index (Phi) is 6.95. The van der Waals surface area contributed by atoms with Crippen molar-refractivity contribution in [2.45, 2.75) is 38.8 Å². The summed E-state index contributed by atoms with van der Waals surface area (Å²) in [5, 5.41) is 3.65. The number of hydrogen-bond acceptors (Lipinski definition) is 3. The van der Waals surface area contributed by atoms with Crippen molar-refractivity contribution >= 4 is 11.8 Å². The van der Waals surface area contributed by atoms with E-state index in [1.165, 1.54) is 24.5 Å². The summed E-state index contributed by atoms with van der Waals surface area (Å²) in [4.78, 5) is 2.49. The van der Waals surface area contributed by atoms with Crippen LogP contribution < -0.4 is 5.32 Å². The first kappa shape index (κ1) is 13.9. The summed E-state index contributed by atoms with van der Waals surface area (Å²) in [5.41, 5.74) is 0. The molecule has 2 unspecified atom stereocenters. The Morgan fingerprint density at radius 1 is 1.56 bits per heavy atom. The van der Waals surface area contributed by atoms with Crippen LogP contribution in [0.15, 0.2) is 0 Å². The van der Waals surface area contributed by atoms with Gasteiger partial charge in [0.05, 0.1) is 0 Å². The average molecular weight is 240 g/mol. The molecule has 1 rings (SSSR count). The minimum atomic E-state index is 0.533. The topological polar surface area (TPSA) is 15.3 Å². The second-order valence-electron chi connectivity index (χ2n) is 4.31. The maximum absolute atomic E-state index is 3.65. The van der Waals surface area contributed by atoms with Gasteiger partial charge in [-0.2, -0.15) is 11.8 Å². The molecule has 0 bridgehead atoms. The fraction of sp³-hybridized carbons (Fsp3) is 0.846. The van der Waals surface area contributed by atoms with E-state index in [2.05, 4.69) is 47.8 Å². The lowest BCUT2D eigenvalue weighted by atomic mass is 10.0. The van der Waals surface area contributed by atoms with Gasteiger partial charge in [0.1, 0.15) is 0 Å². The summed E-state index contributed by atoms with van der Waals surface area (Å²) < 4.78 is 0. The largest absolute Gasteiger partial charge is 0.311 e. The number of nitrogens with zero attached hydrogens (tertiary/aromatic N) is 1. The van der Waals surface area contributed by atoms with Crippen LogP contribution in [0.1, 0.15) is 26.7 Å². The molecule has 92 valence electrons. The number of rotatable bonds is 5. The zero-order chi connectivity index (χ0) is 11.8. The van der Waals surface area contributed by atoms with Gasteiger partial charge < -0.3 is 10.2 Å². The highest BCUT2D eigenvalue weighted by atomic mass is 32.2. The van der Waals surface area contributed by atoms with Gasteiger partial charge in [0, 0.05) is 36.6 Å². The first-order valence-corrected chi connectivity index (χ1v) is 7.36. The molecule has 1 saturated heterocycles. The van der Waals surface area contributed by atoms with Crippen molar-refractivity contribution in [3.8, 4) is 11.8 Å². The van der Waals surface area contributed by atoms with Gasteiger partial charge in [0.2, 0.25) is 0 Å². The zero-order valence-corrected chi connectivity index (χ0v) is 11.6. The molecule has 1 N–H and O–H groups in total. The van der Waals surface area contributed by atoms with Crippen LogP contribution in [-0.4, -0.2) is 48.6 Å². The predicted octanol–water partition coefficient (Wildman–Crippen LogP) is 1.82. The van der Waals surface area contributed by atoms with Gasteiger partial charge in [-0.15, -0.1) is 11.8 Å². The average Bonchev–Trinajstić information content (AvgIpc) is 2.31. The van der Waals surface area contributed by atoms with Crippen LogP contribution >= 0.6 is 11.8 Å². The van der Waals surface area contributed by atoms with E-state index in [1.54, 1.807) is 0 Å². The van der Waals surface area contributed by atoms with Crippen molar-refractivity contribution in [2.24, 2.45) is 0 Å². The van der Waals surface area contributed by atoms with E-state index in [9.17, 15) is 0 Å². The Hall–Kier alpha value is -0.170. The standard InChI is InChI=1S/C13H24N2S/c1-4-6-7-12(14-8-5-2)13-11-16-10-9-15(13)3/h12-14H,5,7-11H2,1-3H3. The van der Waals surface area contributed by atoms with Gasteiger partial charge in [0.25, 0.3) is 0 Å². The highest BCUT2D eigenvalue weighted by molar-refractivity contribution is 7.99. The SMILES string of the molecule is CC#CCC(NCCC)C1CSCCN1C. The molecule has 2 nitrogen and oxygen atoms in total. The minimum absolute atomic E-state index is 0.533. The number of thioether (sulfide) groups is 1. The third-order valence-corrected chi connectivity index (χ3v) is 4.11. The van der Waals surface area contributed by atoms with Crippen LogP contribution in [-0.2, 0) is 0 Å². The molecule has 1 aliphatic heterocycles. The predicted molar refractivity (Wildman–Crippen MR) is 73.9 cm³/mol. The lowest BCUT2D eigenvalue weighted by Gasteiger charge is -2.37. The lowest BCUT2D eigenvalue weighted by molar-refractivity contribution is 0.216. The zero-order valence-electron chi connectivity index (χ0n) is 10.8. The van der Waals surface area contributed by atoms with Crippen LogP contribution in [0.5, 0.6) is 0 Å². The summed E-state index contributed by atoms with van der Waals surface area (Å²) in [6.07, 6.45) is 2.17. The van der Waals surface area contributed by atoms with E-state index in [-0.39, 0.29) is 0 Å². The van der Waals surface area contributed by atoms with E-state index in [1.807, 2.05) is 6.92 Å². The normalized spacial score (nSPS) is 23.6. The minimum Gasteiger partial charge on any atom is -0.311 e. The number of hydrogen-bond donors (Lipinski definition) is 1. The monoisotopic (exact) mass is 240 g/mol. The van der Waals surface area contributed by atoms with Crippen molar-refractivity contribution in [1.29, 1.82) is 0 Å². The summed E-state index contributed by atoms with van der Waals surface area (Å²) in [7, 11) is 2.24. The molecule has 0 amide bonds. The molecular formula is C13H24N2S. The Balaban J connectivity index is 2.52. The van der Waals surface area contributed by atoms with Crippen LogP contribution in [0.3, 0.4) is 0 Å². The Morgan fingerprint density at radius 2 is 2.38 bits per heavy atom. The van der Waals surface area contributed by atoms with Gasteiger partial charge in [-0.1, -0.05) is 6.92 Å². The Labute approximate surface area is 105 Å². The summed E-state index contributed by atoms with van der Waals surface area (Å²) in [6.45, 7) is 6.45. The van der Waals surface area contributed by atoms with Crippen LogP contribution in [0.4, 0.5) is 0 Å². The fourth-order valence-electron chi connectivity index (χ4n) is 2.02. The molecule has 1 fully saturated rings. The van der Waals surface area contributed by atoms with Crippen molar-refractivity contribution in [3.63, 3.8) is 0 Å². The molecule has 0 saturated carbocycles. The third kappa shape index (κ3) is 4.37. The highest BCUT2D eigenvalue weighted by Crippen LogP contribution is 2.18. The highest BCUT2D eigenvalue weighted by Gasteiger charge is 2.26.